The highest BCUT2D eigenvalue weighted by molar-refractivity contribution is 5.35. The Labute approximate surface area is 100 Å². The molecule has 0 unspecified atom stereocenters. The number of halogens is 3. The lowest BCUT2D eigenvalue weighted by Crippen LogP contribution is -2.19. The maximum atomic E-state index is 12.6. The molecule has 0 N–H and O–H groups in total. The van der Waals surface area contributed by atoms with E-state index in [0.717, 1.165) is 32.0 Å². The number of rotatable bonds is 3. The normalized spacial score (nSPS) is 18.8. The van der Waals surface area contributed by atoms with Crippen molar-refractivity contribution in [2.45, 2.75) is 32.9 Å². The van der Waals surface area contributed by atoms with Crippen LogP contribution in [0.5, 0.6) is 0 Å². The van der Waals surface area contributed by atoms with E-state index in [1.807, 2.05) is 4.90 Å². The summed E-state index contributed by atoms with van der Waals surface area (Å²) in [5.41, 5.74) is 0.666. The monoisotopic (exact) mass is 245 g/mol. The Morgan fingerprint density at radius 2 is 1.76 bits per heavy atom. The van der Waals surface area contributed by atoms with Crippen LogP contribution >= 0.6 is 0 Å². The van der Waals surface area contributed by atoms with Crippen LogP contribution in [0.4, 0.5) is 13.2 Å². The van der Waals surface area contributed by atoms with Gasteiger partial charge in [0.15, 0.2) is 0 Å². The van der Waals surface area contributed by atoms with Crippen molar-refractivity contribution in [1.29, 1.82) is 0 Å². The summed E-state index contributed by atoms with van der Waals surface area (Å²) in [5.74, 6) is 0. The number of allylic oxidation sites excluding steroid dienone is 4. The van der Waals surface area contributed by atoms with Gasteiger partial charge in [0.2, 0.25) is 0 Å². The minimum absolute atomic E-state index is 0.581. The number of likely N-dealkylation sites (tertiary alicyclic amines) is 1. The maximum absolute atomic E-state index is 12.6. The molecular formula is C13H18F3N. The van der Waals surface area contributed by atoms with Crippen LogP contribution in [0.15, 0.2) is 35.6 Å². The van der Waals surface area contributed by atoms with Gasteiger partial charge >= 0.3 is 6.18 Å². The Kier molecular flexibility index (Phi) is 4.43. The van der Waals surface area contributed by atoms with Crippen molar-refractivity contribution in [2.24, 2.45) is 0 Å². The molecule has 0 aromatic carbocycles. The van der Waals surface area contributed by atoms with Crippen LogP contribution in [0.25, 0.3) is 0 Å². The van der Waals surface area contributed by atoms with Gasteiger partial charge < -0.3 is 4.90 Å². The fourth-order valence-electron chi connectivity index (χ4n) is 1.88. The van der Waals surface area contributed by atoms with Crippen molar-refractivity contribution in [2.75, 3.05) is 13.1 Å². The molecule has 0 aliphatic carbocycles. The zero-order valence-electron chi connectivity index (χ0n) is 10.3. The van der Waals surface area contributed by atoms with Gasteiger partial charge in [0.1, 0.15) is 0 Å². The van der Waals surface area contributed by atoms with Crippen molar-refractivity contribution < 1.29 is 13.2 Å². The summed E-state index contributed by atoms with van der Waals surface area (Å²) >= 11 is 0. The molecule has 1 heterocycles. The minimum Gasteiger partial charge on any atom is -0.372 e. The molecule has 1 rings (SSSR count). The Morgan fingerprint density at radius 1 is 1.24 bits per heavy atom. The second-order valence-corrected chi connectivity index (χ2v) is 4.21. The van der Waals surface area contributed by atoms with E-state index in [0.29, 0.717) is 11.3 Å². The highest BCUT2D eigenvalue weighted by Gasteiger charge is 2.31. The SMILES string of the molecule is C=C(/C(C)=C\C(=C/C)C(F)(F)F)N1CCCC1. The van der Waals surface area contributed by atoms with Crippen LogP contribution in [0.2, 0.25) is 0 Å². The predicted octanol–water partition coefficient (Wildman–Crippen LogP) is 4.05. The van der Waals surface area contributed by atoms with Gasteiger partial charge in [-0.3, -0.25) is 0 Å². The van der Waals surface area contributed by atoms with Gasteiger partial charge in [0, 0.05) is 18.8 Å². The first-order valence-electron chi connectivity index (χ1n) is 5.72. The van der Waals surface area contributed by atoms with E-state index in [2.05, 4.69) is 6.58 Å². The van der Waals surface area contributed by atoms with Gasteiger partial charge in [-0.2, -0.15) is 13.2 Å². The smallest absolute Gasteiger partial charge is 0.372 e. The molecule has 96 valence electrons. The average Bonchev–Trinajstić information content (AvgIpc) is 2.75. The third-order valence-corrected chi connectivity index (χ3v) is 2.95. The molecule has 0 aromatic rings. The molecular weight excluding hydrogens is 227 g/mol. The Hall–Kier alpha value is -1.19. The van der Waals surface area contributed by atoms with Crippen LogP contribution in [-0.2, 0) is 0 Å². The fourth-order valence-corrected chi connectivity index (χ4v) is 1.88. The molecule has 1 aliphatic rings. The number of hydrogen-bond donors (Lipinski definition) is 0. The van der Waals surface area contributed by atoms with Crippen molar-refractivity contribution in [3.63, 3.8) is 0 Å². The molecule has 1 nitrogen and oxygen atoms in total. The summed E-state index contributed by atoms with van der Waals surface area (Å²) in [6.45, 7) is 8.72. The first-order valence-corrected chi connectivity index (χ1v) is 5.72. The Morgan fingerprint density at radius 3 is 2.18 bits per heavy atom. The molecule has 1 saturated heterocycles. The molecule has 0 radical (unpaired) electrons. The molecule has 0 bridgehead atoms. The first-order chi connectivity index (χ1) is 7.86. The standard InChI is InChI=1S/C13H18F3N/c1-4-12(13(14,15)16)9-10(2)11(3)17-7-5-6-8-17/h4,9H,3,5-8H2,1-2H3/b10-9-,12-4+. The highest BCUT2D eigenvalue weighted by atomic mass is 19.4. The summed E-state index contributed by atoms with van der Waals surface area (Å²) < 4.78 is 37.7. The highest BCUT2D eigenvalue weighted by Crippen LogP contribution is 2.29. The second-order valence-electron chi connectivity index (χ2n) is 4.21. The molecule has 0 saturated carbocycles. The minimum atomic E-state index is -4.29. The lowest BCUT2D eigenvalue weighted by atomic mass is 10.1. The van der Waals surface area contributed by atoms with Crippen LogP contribution < -0.4 is 0 Å². The topological polar surface area (TPSA) is 3.24 Å². The maximum Gasteiger partial charge on any atom is 0.416 e. The van der Waals surface area contributed by atoms with Crippen LogP contribution in [0.1, 0.15) is 26.7 Å². The summed E-state index contributed by atoms with van der Waals surface area (Å²) in [6, 6.07) is 0. The Balaban J connectivity index is 2.80. The zero-order chi connectivity index (χ0) is 13.1. The summed E-state index contributed by atoms with van der Waals surface area (Å²) in [5, 5.41) is 0. The third-order valence-electron chi connectivity index (χ3n) is 2.95. The van der Waals surface area contributed by atoms with Crippen LogP contribution in [0, 0.1) is 0 Å². The van der Waals surface area contributed by atoms with Crippen molar-refractivity contribution in [3.05, 3.63) is 35.6 Å². The van der Waals surface area contributed by atoms with E-state index in [1.165, 1.54) is 13.0 Å². The van der Waals surface area contributed by atoms with Crippen molar-refractivity contribution in [3.8, 4) is 0 Å². The molecule has 1 aliphatic heterocycles. The van der Waals surface area contributed by atoms with Gasteiger partial charge in [0.25, 0.3) is 0 Å². The van der Waals surface area contributed by atoms with Gasteiger partial charge in [0.05, 0.1) is 5.57 Å². The second kappa shape index (κ2) is 5.43. The summed E-state index contributed by atoms with van der Waals surface area (Å²) in [6.07, 6.45) is 0.132. The van der Waals surface area contributed by atoms with E-state index in [4.69, 9.17) is 0 Å². The molecule has 1 fully saturated rings. The lowest BCUT2D eigenvalue weighted by Gasteiger charge is -2.21. The molecule has 17 heavy (non-hydrogen) atoms. The van der Waals surface area contributed by atoms with Gasteiger partial charge in [-0.05, 0) is 38.3 Å². The van der Waals surface area contributed by atoms with E-state index < -0.39 is 11.7 Å². The van der Waals surface area contributed by atoms with Gasteiger partial charge in [-0.25, -0.2) is 0 Å². The molecule has 4 heteroatoms. The number of alkyl halides is 3. The first kappa shape index (κ1) is 13.9. The van der Waals surface area contributed by atoms with E-state index in [1.54, 1.807) is 6.92 Å². The van der Waals surface area contributed by atoms with Crippen molar-refractivity contribution >= 4 is 0 Å². The van der Waals surface area contributed by atoms with Crippen LogP contribution in [-0.4, -0.2) is 24.2 Å². The summed E-state index contributed by atoms with van der Waals surface area (Å²) in [4.78, 5) is 2.04. The Bertz CT molecular complexity index is 344. The summed E-state index contributed by atoms with van der Waals surface area (Å²) in [7, 11) is 0. The molecule has 0 atom stereocenters. The van der Waals surface area contributed by atoms with E-state index >= 15 is 0 Å². The van der Waals surface area contributed by atoms with Crippen molar-refractivity contribution in [1.82, 2.24) is 4.90 Å². The van der Waals surface area contributed by atoms with Gasteiger partial charge in [-0.15, -0.1) is 0 Å². The predicted molar refractivity (Wildman–Crippen MR) is 63.5 cm³/mol. The van der Waals surface area contributed by atoms with Gasteiger partial charge in [-0.1, -0.05) is 12.7 Å². The van der Waals surface area contributed by atoms with Crippen LogP contribution in [0.3, 0.4) is 0 Å². The third kappa shape index (κ3) is 3.65. The quantitative estimate of drug-likeness (QED) is 0.678. The number of nitrogens with zero attached hydrogens (tertiary/aromatic N) is 1. The zero-order valence-corrected chi connectivity index (χ0v) is 10.3. The number of hydrogen-bond acceptors (Lipinski definition) is 1. The largest absolute Gasteiger partial charge is 0.416 e. The molecule has 0 aromatic heterocycles. The lowest BCUT2D eigenvalue weighted by molar-refractivity contribution is -0.0883. The molecule has 0 spiro atoms. The van der Waals surface area contributed by atoms with E-state index in [-0.39, 0.29) is 0 Å². The molecule has 0 amide bonds. The fraction of sp³-hybridized carbons (Fsp3) is 0.538. The van der Waals surface area contributed by atoms with E-state index in [9.17, 15) is 13.2 Å². The average molecular weight is 245 g/mol.